The molecule has 0 fully saturated rings. The first-order valence-corrected chi connectivity index (χ1v) is 5.07. The van der Waals surface area contributed by atoms with E-state index in [0.717, 1.165) is 0 Å². The zero-order valence-electron chi connectivity index (χ0n) is 7.61. The predicted octanol–water partition coefficient (Wildman–Crippen LogP) is 3.36. The van der Waals surface area contributed by atoms with E-state index in [-0.39, 0.29) is 11.6 Å². The SMILES string of the molecule is Oc1ccc(-c2cccc(Br)c2F)nc1. The molecule has 0 aliphatic heterocycles. The van der Waals surface area contributed by atoms with Gasteiger partial charge in [-0.15, -0.1) is 0 Å². The van der Waals surface area contributed by atoms with E-state index in [1.807, 2.05) is 0 Å². The highest BCUT2D eigenvalue weighted by atomic mass is 79.9. The van der Waals surface area contributed by atoms with Gasteiger partial charge in [0.05, 0.1) is 16.4 Å². The van der Waals surface area contributed by atoms with Crippen molar-refractivity contribution in [3.05, 3.63) is 46.8 Å². The molecule has 0 amide bonds. The Hall–Kier alpha value is -1.42. The van der Waals surface area contributed by atoms with E-state index in [4.69, 9.17) is 5.11 Å². The minimum atomic E-state index is -0.351. The smallest absolute Gasteiger partial charge is 0.146 e. The van der Waals surface area contributed by atoms with Crippen LogP contribution in [0.25, 0.3) is 11.3 Å². The number of aromatic hydroxyl groups is 1. The van der Waals surface area contributed by atoms with Gasteiger partial charge in [0, 0.05) is 5.56 Å². The molecule has 0 unspecified atom stereocenters. The van der Waals surface area contributed by atoms with Crippen LogP contribution in [-0.2, 0) is 0 Å². The van der Waals surface area contributed by atoms with Crippen LogP contribution in [0.4, 0.5) is 4.39 Å². The quantitative estimate of drug-likeness (QED) is 0.860. The number of aromatic nitrogens is 1. The molecule has 1 aromatic carbocycles. The molecule has 0 saturated heterocycles. The summed E-state index contributed by atoms with van der Waals surface area (Å²) in [5.74, 6) is -0.287. The van der Waals surface area contributed by atoms with E-state index >= 15 is 0 Å². The Labute approximate surface area is 94.5 Å². The van der Waals surface area contributed by atoms with Gasteiger partial charge in [0.15, 0.2) is 0 Å². The molecule has 0 radical (unpaired) electrons. The van der Waals surface area contributed by atoms with Crippen LogP contribution >= 0.6 is 15.9 Å². The fraction of sp³-hybridized carbons (Fsp3) is 0. The summed E-state index contributed by atoms with van der Waals surface area (Å²) in [6.45, 7) is 0. The van der Waals surface area contributed by atoms with Crippen molar-refractivity contribution < 1.29 is 9.50 Å². The molecule has 0 atom stereocenters. The molecule has 0 aliphatic rings. The van der Waals surface area contributed by atoms with E-state index in [9.17, 15) is 4.39 Å². The minimum Gasteiger partial charge on any atom is -0.506 e. The van der Waals surface area contributed by atoms with E-state index in [1.165, 1.54) is 12.3 Å². The monoisotopic (exact) mass is 267 g/mol. The van der Waals surface area contributed by atoms with Crippen molar-refractivity contribution in [2.24, 2.45) is 0 Å². The number of halogens is 2. The van der Waals surface area contributed by atoms with Gasteiger partial charge in [-0.05, 0) is 40.2 Å². The third kappa shape index (κ3) is 1.99. The van der Waals surface area contributed by atoms with Gasteiger partial charge < -0.3 is 5.11 Å². The lowest BCUT2D eigenvalue weighted by Gasteiger charge is -2.03. The normalized spacial score (nSPS) is 10.3. The number of rotatable bonds is 1. The predicted molar refractivity (Wildman–Crippen MR) is 59.0 cm³/mol. The molecule has 2 rings (SSSR count). The molecule has 1 aromatic heterocycles. The highest BCUT2D eigenvalue weighted by molar-refractivity contribution is 9.10. The Morgan fingerprint density at radius 3 is 2.67 bits per heavy atom. The highest BCUT2D eigenvalue weighted by Gasteiger charge is 2.08. The maximum absolute atomic E-state index is 13.6. The van der Waals surface area contributed by atoms with Crippen molar-refractivity contribution in [3.63, 3.8) is 0 Å². The summed E-state index contributed by atoms with van der Waals surface area (Å²) in [5.41, 5.74) is 0.899. The van der Waals surface area contributed by atoms with Crippen LogP contribution in [0.15, 0.2) is 41.0 Å². The molecule has 1 heterocycles. The van der Waals surface area contributed by atoms with Crippen molar-refractivity contribution >= 4 is 15.9 Å². The van der Waals surface area contributed by atoms with Gasteiger partial charge in [0.1, 0.15) is 11.6 Å². The van der Waals surface area contributed by atoms with Crippen LogP contribution in [0.2, 0.25) is 0 Å². The van der Waals surface area contributed by atoms with E-state index < -0.39 is 0 Å². The summed E-state index contributed by atoms with van der Waals surface area (Å²) >= 11 is 3.11. The van der Waals surface area contributed by atoms with Crippen LogP contribution in [0.3, 0.4) is 0 Å². The van der Waals surface area contributed by atoms with Gasteiger partial charge >= 0.3 is 0 Å². The van der Waals surface area contributed by atoms with Gasteiger partial charge in [0.25, 0.3) is 0 Å². The Kier molecular flexibility index (Phi) is 2.68. The molecule has 15 heavy (non-hydrogen) atoms. The second-order valence-corrected chi connectivity index (χ2v) is 3.86. The molecular weight excluding hydrogens is 261 g/mol. The summed E-state index contributed by atoms with van der Waals surface area (Å²) in [4.78, 5) is 3.94. The summed E-state index contributed by atoms with van der Waals surface area (Å²) in [6.07, 6.45) is 1.29. The average Bonchev–Trinajstić information content (AvgIpc) is 2.24. The summed E-state index contributed by atoms with van der Waals surface area (Å²) < 4.78 is 14.0. The molecule has 2 aromatic rings. The topological polar surface area (TPSA) is 33.1 Å². The first-order chi connectivity index (χ1) is 7.18. The third-order valence-electron chi connectivity index (χ3n) is 1.98. The van der Waals surface area contributed by atoms with E-state index in [0.29, 0.717) is 15.7 Å². The first-order valence-electron chi connectivity index (χ1n) is 4.28. The van der Waals surface area contributed by atoms with Crippen molar-refractivity contribution in [1.29, 1.82) is 0 Å². The molecule has 0 bridgehead atoms. The van der Waals surface area contributed by atoms with E-state index in [2.05, 4.69) is 20.9 Å². The number of benzene rings is 1. The Morgan fingerprint density at radius 1 is 1.20 bits per heavy atom. The lowest BCUT2D eigenvalue weighted by molar-refractivity contribution is 0.473. The Balaban J connectivity index is 2.54. The average molecular weight is 268 g/mol. The van der Waals surface area contributed by atoms with Crippen molar-refractivity contribution in [2.75, 3.05) is 0 Å². The van der Waals surface area contributed by atoms with Crippen LogP contribution in [0.1, 0.15) is 0 Å². The fourth-order valence-electron chi connectivity index (χ4n) is 1.25. The van der Waals surface area contributed by atoms with Crippen LogP contribution < -0.4 is 0 Å². The molecule has 0 aliphatic carbocycles. The number of nitrogens with zero attached hydrogens (tertiary/aromatic N) is 1. The maximum Gasteiger partial charge on any atom is 0.146 e. The number of pyridine rings is 1. The van der Waals surface area contributed by atoms with E-state index in [1.54, 1.807) is 24.3 Å². The van der Waals surface area contributed by atoms with Crippen molar-refractivity contribution in [1.82, 2.24) is 4.98 Å². The second-order valence-electron chi connectivity index (χ2n) is 3.00. The summed E-state index contributed by atoms with van der Waals surface area (Å²) in [5, 5.41) is 9.06. The molecule has 4 heteroatoms. The Bertz CT molecular complexity index is 484. The summed E-state index contributed by atoms with van der Waals surface area (Å²) in [7, 11) is 0. The number of hydrogen-bond donors (Lipinski definition) is 1. The minimum absolute atomic E-state index is 0.0640. The standard InChI is InChI=1S/C11H7BrFNO/c12-9-3-1-2-8(11(9)13)10-5-4-7(15)6-14-10/h1-6,15H. The molecule has 1 N–H and O–H groups in total. The number of hydrogen-bond acceptors (Lipinski definition) is 2. The van der Waals surface area contributed by atoms with Crippen LogP contribution in [0.5, 0.6) is 5.75 Å². The molecule has 0 saturated carbocycles. The zero-order valence-corrected chi connectivity index (χ0v) is 9.20. The molecule has 2 nitrogen and oxygen atoms in total. The second kappa shape index (κ2) is 3.98. The molecular formula is C11H7BrFNO. The molecule has 76 valence electrons. The fourth-order valence-corrected chi connectivity index (χ4v) is 1.61. The first kappa shape index (κ1) is 10.1. The maximum atomic E-state index is 13.6. The summed E-state index contributed by atoms with van der Waals surface area (Å²) in [6, 6.07) is 8.04. The Morgan fingerprint density at radius 2 is 2.00 bits per heavy atom. The van der Waals surface area contributed by atoms with Gasteiger partial charge in [-0.25, -0.2) is 4.39 Å². The lowest BCUT2D eigenvalue weighted by atomic mass is 10.1. The third-order valence-corrected chi connectivity index (χ3v) is 2.59. The van der Waals surface area contributed by atoms with Crippen LogP contribution in [-0.4, -0.2) is 10.1 Å². The van der Waals surface area contributed by atoms with Gasteiger partial charge in [-0.3, -0.25) is 4.98 Å². The van der Waals surface area contributed by atoms with Crippen molar-refractivity contribution in [2.45, 2.75) is 0 Å². The van der Waals surface area contributed by atoms with Gasteiger partial charge in [-0.1, -0.05) is 6.07 Å². The largest absolute Gasteiger partial charge is 0.506 e. The van der Waals surface area contributed by atoms with Crippen LogP contribution in [0, 0.1) is 5.82 Å². The highest BCUT2D eigenvalue weighted by Crippen LogP contribution is 2.26. The lowest BCUT2D eigenvalue weighted by Crippen LogP contribution is -1.88. The van der Waals surface area contributed by atoms with Crippen molar-refractivity contribution in [3.8, 4) is 17.0 Å². The van der Waals surface area contributed by atoms with Gasteiger partial charge in [0.2, 0.25) is 0 Å². The zero-order chi connectivity index (χ0) is 10.8. The molecule has 0 spiro atoms. The van der Waals surface area contributed by atoms with Gasteiger partial charge in [-0.2, -0.15) is 0 Å².